The van der Waals surface area contributed by atoms with Crippen molar-refractivity contribution in [3.63, 3.8) is 0 Å². The van der Waals surface area contributed by atoms with Crippen LogP contribution in [0.3, 0.4) is 0 Å². The van der Waals surface area contributed by atoms with Gasteiger partial charge in [-0.25, -0.2) is 18.6 Å². The zero-order valence-electron chi connectivity index (χ0n) is 16.0. The number of hydrogen-bond donors (Lipinski definition) is 1. The summed E-state index contributed by atoms with van der Waals surface area (Å²) in [5, 5.41) is 15.4. The lowest BCUT2D eigenvalue weighted by molar-refractivity contribution is 0.0724. The molecule has 1 unspecified atom stereocenters. The Balaban J connectivity index is 1.82. The molecule has 0 spiro atoms. The minimum absolute atomic E-state index is 0.0377. The summed E-state index contributed by atoms with van der Waals surface area (Å²) in [4.78, 5) is 14.9. The Labute approximate surface area is 168 Å². The van der Waals surface area contributed by atoms with E-state index >= 15 is 0 Å². The molecule has 0 aliphatic carbocycles. The molecule has 5 nitrogen and oxygen atoms in total. The number of carbonyl (C=O) groups excluding carboxylic acids is 1. The van der Waals surface area contributed by atoms with E-state index < -0.39 is 17.2 Å². The summed E-state index contributed by atoms with van der Waals surface area (Å²) in [6.45, 7) is 1.27. The second-order valence-electron chi connectivity index (χ2n) is 7.51. The van der Waals surface area contributed by atoms with Crippen LogP contribution in [-0.2, 0) is 5.54 Å². The van der Waals surface area contributed by atoms with Crippen LogP contribution < -0.4 is 0 Å². The Morgan fingerprint density at radius 1 is 1.14 bits per heavy atom. The number of urea groups is 1. The third-order valence-corrected chi connectivity index (χ3v) is 5.69. The fourth-order valence-electron chi connectivity index (χ4n) is 4.02. The van der Waals surface area contributed by atoms with E-state index in [0.717, 1.165) is 30.2 Å². The van der Waals surface area contributed by atoms with Gasteiger partial charge in [0.2, 0.25) is 0 Å². The number of halogens is 2. The fourth-order valence-corrected chi connectivity index (χ4v) is 4.02. The zero-order chi connectivity index (χ0) is 20.4. The van der Waals surface area contributed by atoms with Gasteiger partial charge in [0.05, 0.1) is 11.3 Å². The highest BCUT2D eigenvalue weighted by Gasteiger charge is 2.49. The number of hydrazone groups is 1. The Bertz CT molecular complexity index is 931. The van der Waals surface area contributed by atoms with Crippen LogP contribution in [0, 0.1) is 11.6 Å². The molecule has 4 rings (SSSR count). The first-order valence-electron chi connectivity index (χ1n) is 9.83. The predicted molar refractivity (Wildman–Crippen MR) is 105 cm³/mol. The largest absolute Gasteiger partial charge is 0.396 e. The van der Waals surface area contributed by atoms with E-state index in [1.165, 1.54) is 5.01 Å². The first-order valence-corrected chi connectivity index (χ1v) is 9.83. The lowest BCUT2D eigenvalue weighted by Crippen LogP contribution is -2.53. The molecule has 2 aliphatic rings. The lowest BCUT2D eigenvalue weighted by Gasteiger charge is -2.41. The molecule has 2 heterocycles. The van der Waals surface area contributed by atoms with Gasteiger partial charge in [0.15, 0.2) is 0 Å². The molecule has 29 heavy (non-hydrogen) atoms. The van der Waals surface area contributed by atoms with Crippen LogP contribution in [0.5, 0.6) is 0 Å². The normalized spacial score (nSPS) is 21.1. The molecule has 0 bridgehead atoms. The molecule has 2 aromatic carbocycles. The average molecular weight is 399 g/mol. The monoisotopic (exact) mass is 399 g/mol. The lowest BCUT2D eigenvalue weighted by atomic mass is 9.80. The maximum Gasteiger partial charge on any atom is 0.341 e. The number of rotatable bonds is 5. The van der Waals surface area contributed by atoms with Crippen molar-refractivity contribution in [1.82, 2.24) is 9.91 Å². The summed E-state index contributed by atoms with van der Waals surface area (Å²) in [6.07, 6.45) is 2.09. The molecular formula is C22H23F2N3O2. The molecular weight excluding hydrogens is 376 g/mol. The van der Waals surface area contributed by atoms with Crippen LogP contribution in [0.15, 0.2) is 53.6 Å². The second kappa shape index (κ2) is 7.91. The zero-order valence-corrected chi connectivity index (χ0v) is 16.0. The standard InChI is InChI=1S/C22H23F2N3O2/c23-17-8-9-19(24)18(14-17)20-15-22(10-4-13-28,16-6-2-1-3-7-16)27(25-20)21(29)26-11-5-12-26/h1-3,6-9,14,28H,4-5,10-13,15H2. The molecule has 0 saturated carbocycles. The topological polar surface area (TPSA) is 56.1 Å². The first kappa shape index (κ1) is 19.5. The summed E-state index contributed by atoms with van der Waals surface area (Å²) >= 11 is 0. The van der Waals surface area contributed by atoms with Crippen molar-refractivity contribution < 1.29 is 18.7 Å². The number of carbonyl (C=O) groups is 1. The highest BCUT2D eigenvalue weighted by Crippen LogP contribution is 2.44. The Kier molecular flexibility index (Phi) is 5.32. The molecule has 2 aliphatic heterocycles. The van der Waals surface area contributed by atoms with Crippen LogP contribution in [-0.4, -0.2) is 46.5 Å². The van der Waals surface area contributed by atoms with Crippen LogP contribution in [0.4, 0.5) is 13.6 Å². The van der Waals surface area contributed by atoms with Crippen molar-refractivity contribution >= 4 is 11.7 Å². The van der Waals surface area contributed by atoms with Gasteiger partial charge in [-0.15, -0.1) is 0 Å². The molecule has 1 atom stereocenters. The van der Waals surface area contributed by atoms with E-state index in [4.69, 9.17) is 0 Å². The highest BCUT2D eigenvalue weighted by molar-refractivity contribution is 6.04. The minimum atomic E-state index is -0.856. The third kappa shape index (κ3) is 3.51. The average Bonchev–Trinajstić information content (AvgIpc) is 3.08. The van der Waals surface area contributed by atoms with E-state index in [0.29, 0.717) is 31.6 Å². The maximum absolute atomic E-state index is 14.5. The smallest absolute Gasteiger partial charge is 0.341 e. The van der Waals surface area contributed by atoms with Gasteiger partial charge in [0.25, 0.3) is 0 Å². The number of amides is 2. The molecule has 2 amide bonds. The molecule has 7 heteroatoms. The summed E-state index contributed by atoms with van der Waals surface area (Å²) < 4.78 is 28.3. The summed E-state index contributed by atoms with van der Waals surface area (Å²) in [6, 6.07) is 12.5. The van der Waals surface area contributed by atoms with E-state index in [9.17, 15) is 18.7 Å². The SMILES string of the molecule is O=C(N1CCC1)N1N=C(c2cc(F)ccc2F)CC1(CCCO)c1ccccc1. The fraction of sp³-hybridized carbons (Fsp3) is 0.364. The van der Waals surface area contributed by atoms with Gasteiger partial charge in [-0.2, -0.15) is 5.10 Å². The van der Waals surface area contributed by atoms with Crippen molar-refractivity contribution in [3.8, 4) is 0 Å². The summed E-state index contributed by atoms with van der Waals surface area (Å²) in [7, 11) is 0. The molecule has 0 radical (unpaired) electrons. The third-order valence-electron chi connectivity index (χ3n) is 5.69. The van der Waals surface area contributed by atoms with E-state index in [2.05, 4.69) is 5.10 Å². The summed E-state index contributed by atoms with van der Waals surface area (Å²) in [5.41, 5.74) is 0.397. The van der Waals surface area contributed by atoms with Gasteiger partial charge in [-0.3, -0.25) is 0 Å². The Hall–Kier alpha value is -2.80. The van der Waals surface area contributed by atoms with Crippen LogP contribution >= 0.6 is 0 Å². The number of likely N-dealkylation sites (tertiary alicyclic amines) is 1. The number of aliphatic hydroxyl groups is 1. The van der Waals surface area contributed by atoms with Crippen molar-refractivity contribution in [2.75, 3.05) is 19.7 Å². The molecule has 1 saturated heterocycles. The predicted octanol–water partition coefficient (Wildman–Crippen LogP) is 3.87. The number of hydrogen-bond acceptors (Lipinski definition) is 3. The minimum Gasteiger partial charge on any atom is -0.396 e. The van der Waals surface area contributed by atoms with Crippen LogP contribution in [0.1, 0.15) is 36.8 Å². The van der Waals surface area contributed by atoms with Gasteiger partial charge in [-0.1, -0.05) is 30.3 Å². The highest BCUT2D eigenvalue weighted by atomic mass is 19.1. The number of nitrogens with zero attached hydrogens (tertiary/aromatic N) is 3. The van der Waals surface area contributed by atoms with Crippen molar-refractivity contribution in [3.05, 3.63) is 71.3 Å². The molecule has 0 aromatic heterocycles. The van der Waals surface area contributed by atoms with Gasteiger partial charge >= 0.3 is 6.03 Å². The molecule has 1 N–H and O–H groups in total. The van der Waals surface area contributed by atoms with Crippen LogP contribution in [0.2, 0.25) is 0 Å². The van der Waals surface area contributed by atoms with E-state index in [1.54, 1.807) is 4.90 Å². The van der Waals surface area contributed by atoms with Gasteiger partial charge in [0, 0.05) is 31.7 Å². The van der Waals surface area contributed by atoms with Gasteiger partial charge < -0.3 is 10.0 Å². The maximum atomic E-state index is 14.5. The second-order valence-corrected chi connectivity index (χ2v) is 7.51. The van der Waals surface area contributed by atoms with Gasteiger partial charge in [0.1, 0.15) is 11.6 Å². The molecule has 152 valence electrons. The first-order chi connectivity index (χ1) is 14.0. The Morgan fingerprint density at radius 2 is 1.90 bits per heavy atom. The van der Waals surface area contributed by atoms with E-state index in [1.807, 2.05) is 30.3 Å². The number of aliphatic hydroxyl groups excluding tert-OH is 1. The quantitative estimate of drug-likeness (QED) is 0.830. The Morgan fingerprint density at radius 3 is 2.55 bits per heavy atom. The summed E-state index contributed by atoms with van der Waals surface area (Å²) in [5.74, 6) is -1.13. The van der Waals surface area contributed by atoms with Gasteiger partial charge in [-0.05, 0) is 43.0 Å². The molecule has 2 aromatic rings. The number of benzene rings is 2. The van der Waals surface area contributed by atoms with Crippen molar-refractivity contribution in [2.45, 2.75) is 31.2 Å². The van der Waals surface area contributed by atoms with Crippen molar-refractivity contribution in [2.24, 2.45) is 5.10 Å². The van der Waals surface area contributed by atoms with E-state index in [-0.39, 0.29) is 24.6 Å². The molecule has 1 fully saturated rings. The van der Waals surface area contributed by atoms with Crippen molar-refractivity contribution in [1.29, 1.82) is 0 Å². The van der Waals surface area contributed by atoms with Crippen LogP contribution in [0.25, 0.3) is 0 Å².